The number of rotatable bonds is 3. The van der Waals surface area contributed by atoms with Crippen molar-refractivity contribution in [2.24, 2.45) is 0 Å². The number of nitrogens with two attached hydrogens (primary N) is 1. The Hall–Kier alpha value is -2.21. The third-order valence-electron chi connectivity index (χ3n) is 3.78. The van der Waals surface area contributed by atoms with Crippen LogP contribution in [0.15, 0.2) is 24.4 Å². The summed E-state index contributed by atoms with van der Waals surface area (Å²) < 4.78 is 98.8. The Bertz CT molecular complexity index is 896. The third kappa shape index (κ3) is 4.21. The Balaban J connectivity index is 2.77. The van der Waals surface area contributed by atoms with Gasteiger partial charge < -0.3 is 10.3 Å². The van der Waals surface area contributed by atoms with E-state index in [4.69, 9.17) is 5.73 Å². The third-order valence-corrected chi connectivity index (χ3v) is 4.83. The second-order valence-electron chi connectivity index (χ2n) is 5.99. The first-order valence-corrected chi connectivity index (χ1v) is 8.24. The maximum atomic E-state index is 13.0. The largest absolute Gasteiger partial charge is 0.772 e. The van der Waals surface area contributed by atoms with E-state index in [2.05, 4.69) is 9.97 Å². The predicted molar refractivity (Wildman–Crippen MR) is 83.8 cm³/mol. The topological polar surface area (TPSA) is 91.9 Å². The van der Waals surface area contributed by atoms with E-state index in [9.17, 15) is 35.1 Å². The Morgan fingerprint density at radius 2 is 1.63 bits per heavy atom. The van der Waals surface area contributed by atoms with Gasteiger partial charge in [-0.15, -0.1) is 0 Å². The maximum absolute atomic E-state index is 13.0. The molecule has 0 aliphatic carbocycles. The van der Waals surface area contributed by atoms with E-state index in [-0.39, 0.29) is 11.1 Å². The second kappa shape index (κ2) is 6.75. The zero-order valence-corrected chi connectivity index (χ0v) is 14.6. The summed E-state index contributed by atoms with van der Waals surface area (Å²) in [6.45, 7) is 2.44. The molecular formula is C15H12F6N3O2S-. The van der Waals surface area contributed by atoms with Gasteiger partial charge in [-0.25, -0.2) is 9.97 Å². The molecular weight excluding hydrogens is 400 g/mol. The second-order valence-corrected chi connectivity index (χ2v) is 7.48. The number of nitrogens with zero attached hydrogens (tertiary/aromatic N) is 2. The first-order chi connectivity index (χ1) is 12.2. The van der Waals surface area contributed by atoms with Crippen molar-refractivity contribution >= 4 is 16.9 Å². The summed E-state index contributed by atoms with van der Waals surface area (Å²) >= 11 is -2.76. The zero-order chi connectivity index (χ0) is 20.8. The predicted octanol–water partition coefficient (Wildman–Crippen LogP) is 3.88. The van der Waals surface area contributed by atoms with E-state index in [1.54, 1.807) is 0 Å². The summed E-state index contributed by atoms with van der Waals surface area (Å²) in [6, 6.07) is 2.16. The number of alkyl halides is 6. The fraction of sp³-hybridized carbons (Fsp3) is 0.333. The van der Waals surface area contributed by atoms with Crippen LogP contribution in [0.25, 0.3) is 11.4 Å². The Kier molecular flexibility index (Phi) is 5.27. The first-order valence-electron chi connectivity index (χ1n) is 7.17. The SMILES string of the molecule is CC(C)(c1ccc(C(F)(F)F)cc1-c1ncc(C(F)(F)F)c(N)n1)S(=O)[O-]. The van der Waals surface area contributed by atoms with Crippen LogP contribution in [-0.2, 0) is 28.2 Å². The summed E-state index contributed by atoms with van der Waals surface area (Å²) in [7, 11) is 0. The average molecular weight is 412 g/mol. The van der Waals surface area contributed by atoms with Gasteiger partial charge in [0.2, 0.25) is 0 Å². The van der Waals surface area contributed by atoms with Crippen molar-refractivity contribution in [2.75, 3.05) is 5.73 Å². The summed E-state index contributed by atoms with van der Waals surface area (Å²) in [6.07, 6.45) is -9.29. The normalized spacial score (nSPS) is 14.3. The zero-order valence-electron chi connectivity index (χ0n) is 13.8. The molecule has 0 saturated carbocycles. The summed E-state index contributed by atoms with van der Waals surface area (Å²) in [5, 5.41) is 0. The van der Waals surface area contributed by atoms with Crippen LogP contribution < -0.4 is 5.73 Å². The lowest BCUT2D eigenvalue weighted by atomic mass is 9.93. The highest BCUT2D eigenvalue weighted by Gasteiger charge is 2.36. The van der Waals surface area contributed by atoms with Gasteiger partial charge in [-0.1, -0.05) is 6.07 Å². The van der Waals surface area contributed by atoms with Crippen LogP contribution >= 0.6 is 0 Å². The molecule has 1 aromatic heterocycles. The van der Waals surface area contributed by atoms with Crippen LogP contribution in [0.5, 0.6) is 0 Å². The van der Waals surface area contributed by atoms with E-state index in [0.29, 0.717) is 18.3 Å². The standard InChI is InChI=1S/C15H13F6N3O2S/c1-13(2,27(25)26)9-4-3-7(14(16,17)18)5-8(9)12-23-6-10(11(22)24-12)15(19,20)21/h3-6H,1-2H3,(H,25,26)(H2,22,23,24)/p-1. The monoisotopic (exact) mass is 412 g/mol. The van der Waals surface area contributed by atoms with E-state index in [1.165, 1.54) is 13.8 Å². The fourth-order valence-electron chi connectivity index (χ4n) is 2.26. The van der Waals surface area contributed by atoms with Crippen molar-refractivity contribution in [3.63, 3.8) is 0 Å². The van der Waals surface area contributed by atoms with Gasteiger partial charge in [0.15, 0.2) is 5.82 Å². The molecule has 5 nitrogen and oxygen atoms in total. The fourth-order valence-corrected chi connectivity index (χ4v) is 2.62. The molecule has 2 N–H and O–H groups in total. The van der Waals surface area contributed by atoms with Crippen LogP contribution in [0.4, 0.5) is 32.2 Å². The number of anilines is 1. The van der Waals surface area contributed by atoms with Crippen molar-refractivity contribution in [1.29, 1.82) is 0 Å². The Morgan fingerprint density at radius 1 is 1.04 bits per heavy atom. The van der Waals surface area contributed by atoms with E-state index < -0.39 is 50.9 Å². The number of halogens is 6. The first kappa shape index (κ1) is 21.1. The number of aromatic nitrogens is 2. The maximum Gasteiger partial charge on any atom is 0.421 e. The van der Waals surface area contributed by atoms with Crippen LogP contribution in [-0.4, -0.2) is 18.7 Å². The molecule has 12 heteroatoms. The quantitative estimate of drug-likeness (QED) is 0.610. The van der Waals surface area contributed by atoms with Crippen LogP contribution in [0.1, 0.15) is 30.5 Å². The molecule has 0 fully saturated rings. The lowest BCUT2D eigenvalue weighted by Gasteiger charge is -2.30. The van der Waals surface area contributed by atoms with Crippen molar-refractivity contribution in [2.45, 2.75) is 30.9 Å². The van der Waals surface area contributed by atoms with Gasteiger partial charge in [0.1, 0.15) is 11.4 Å². The number of hydrogen-bond donors (Lipinski definition) is 1. The molecule has 0 spiro atoms. The summed E-state index contributed by atoms with van der Waals surface area (Å²) in [5.74, 6) is -1.54. The number of nitrogen functional groups attached to an aromatic ring is 1. The molecule has 0 bridgehead atoms. The van der Waals surface area contributed by atoms with Gasteiger partial charge in [0.05, 0.1) is 10.3 Å². The average Bonchev–Trinajstić information content (AvgIpc) is 2.51. The lowest BCUT2D eigenvalue weighted by molar-refractivity contribution is -0.138. The number of hydrogen-bond acceptors (Lipinski definition) is 5. The highest BCUT2D eigenvalue weighted by molar-refractivity contribution is 7.80. The smallest absolute Gasteiger partial charge is 0.421 e. The van der Waals surface area contributed by atoms with E-state index in [0.717, 1.165) is 6.07 Å². The van der Waals surface area contributed by atoms with Crippen molar-refractivity contribution in [1.82, 2.24) is 9.97 Å². The van der Waals surface area contributed by atoms with E-state index in [1.807, 2.05) is 0 Å². The van der Waals surface area contributed by atoms with Crippen LogP contribution in [0.2, 0.25) is 0 Å². The van der Waals surface area contributed by atoms with Crippen LogP contribution in [0.3, 0.4) is 0 Å². The van der Waals surface area contributed by atoms with Gasteiger partial charge in [-0.05, 0) is 42.6 Å². The van der Waals surface area contributed by atoms with Gasteiger partial charge in [-0.2, -0.15) is 26.3 Å². The molecule has 27 heavy (non-hydrogen) atoms. The Morgan fingerprint density at radius 3 is 2.07 bits per heavy atom. The highest BCUT2D eigenvalue weighted by atomic mass is 32.2. The highest BCUT2D eigenvalue weighted by Crippen LogP contribution is 2.39. The summed E-state index contributed by atoms with van der Waals surface area (Å²) in [4.78, 5) is 6.90. The minimum Gasteiger partial charge on any atom is -0.772 e. The minimum atomic E-state index is -4.85. The molecule has 1 unspecified atom stereocenters. The molecule has 0 amide bonds. The molecule has 0 aliphatic rings. The summed E-state index contributed by atoms with van der Waals surface area (Å²) in [5.41, 5.74) is 2.26. The molecule has 0 saturated heterocycles. The van der Waals surface area contributed by atoms with Crippen molar-refractivity contribution in [3.8, 4) is 11.4 Å². The Labute approximate surface area is 151 Å². The van der Waals surface area contributed by atoms with Crippen molar-refractivity contribution in [3.05, 3.63) is 41.1 Å². The molecule has 1 aromatic carbocycles. The molecule has 0 aliphatic heterocycles. The van der Waals surface area contributed by atoms with Crippen molar-refractivity contribution < 1.29 is 35.1 Å². The minimum absolute atomic E-state index is 0.122. The molecule has 148 valence electrons. The van der Waals surface area contributed by atoms with Gasteiger partial charge in [0.25, 0.3) is 0 Å². The number of benzene rings is 1. The molecule has 2 aromatic rings. The molecule has 2 rings (SSSR count). The van der Waals surface area contributed by atoms with Crippen LogP contribution in [0, 0.1) is 0 Å². The lowest BCUT2D eigenvalue weighted by Crippen LogP contribution is -2.25. The van der Waals surface area contributed by atoms with Gasteiger partial charge in [-0.3, -0.25) is 4.21 Å². The van der Waals surface area contributed by atoms with Gasteiger partial charge >= 0.3 is 12.4 Å². The molecule has 1 heterocycles. The molecule has 0 radical (unpaired) electrons. The molecule has 1 atom stereocenters. The van der Waals surface area contributed by atoms with E-state index >= 15 is 0 Å². The van der Waals surface area contributed by atoms with Gasteiger partial charge in [0, 0.05) is 11.8 Å².